The summed E-state index contributed by atoms with van der Waals surface area (Å²) in [6.07, 6.45) is 11.8. The van der Waals surface area contributed by atoms with E-state index in [0.29, 0.717) is 0 Å². The van der Waals surface area contributed by atoms with Gasteiger partial charge in [-0.2, -0.15) is 0 Å². The van der Waals surface area contributed by atoms with Gasteiger partial charge in [-0.05, 0) is 98.8 Å². The van der Waals surface area contributed by atoms with E-state index in [-0.39, 0.29) is 5.41 Å². The molecule has 0 bridgehead atoms. The predicted molar refractivity (Wildman–Crippen MR) is 255 cm³/mol. The van der Waals surface area contributed by atoms with Gasteiger partial charge in [-0.3, -0.25) is 9.97 Å². The minimum Gasteiger partial charge on any atom is -0.265 e. The third kappa shape index (κ3) is 5.81. The Morgan fingerprint density at radius 3 is 1.92 bits per heavy atom. The average Bonchev–Trinajstić information content (AvgIpc) is 3.85. The highest BCUT2D eigenvalue weighted by molar-refractivity contribution is 7.26. The molecule has 4 heteroatoms. The molecule has 1 saturated carbocycles. The Hall–Kier alpha value is -7.01. The number of rotatable bonds is 6. The Balaban J connectivity index is 1.10. The number of fused-ring (bicyclic) bond motifs is 8. The second kappa shape index (κ2) is 14.6. The van der Waals surface area contributed by atoms with Gasteiger partial charge in [0.15, 0.2) is 0 Å². The van der Waals surface area contributed by atoms with Crippen LogP contribution in [0.1, 0.15) is 43.2 Å². The maximum Gasteiger partial charge on any atom is 0.0972 e. The molecule has 12 rings (SSSR count). The first kappa shape index (κ1) is 35.9. The molecule has 10 aromatic rings. The summed E-state index contributed by atoms with van der Waals surface area (Å²) in [6, 6.07) is 62.0. The summed E-state index contributed by atoms with van der Waals surface area (Å²) >= 11 is 1.89. The lowest BCUT2D eigenvalue weighted by Gasteiger charge is -2.37. The number of pyridine rings is 1. The first-order valence-corrected chi connectivity index (χ1v) is 22.3. The molecule has 0 amide bonds. The molecule has 0 radical (unpaired) electrons. The van der Waals surface area contributed by atoms with Crippen molar-refractivity contribution in [3.63, 3.8) is 0 Å². The second-order valence-electron chi connectivity index (χ2n) is 16.6. The van der Waals surface area contributed by atoms with E-state index in [1.165, 1.54) is 89.5 Å². The van der Waals surface area contributed by atoms with E-state index in [2.05, 4.69) is 169 Å². The lowest BCUT2D eigenvalue weighted by molar-refractivity contribution is 0.353. The van der Waals surface area contributed by atoms with Crippen molar-refractivity contribution in [3.8, 4) is 78.3 Å². The highest BCUT2D eigenvalue weighted by Crippen LogP contribution is 2.61. The number of nitrogens with zero attached hydrogens (tertiary/aromatic N) is 3. The van der Waals surface area contributed by atoms with Gasteiger partial charge in [0, 0.05) is 54.7 Å². The molecule has 1 fully saturated rings. The van der Waals surface area contributed by atoms with Crippen molar-refractivity contribution in [1.29, 1.82) is 0 Å². The molecule has 3 aromatic heterocycles. The predicted octanol–water partition coefficient (Wildman–Crippen LogP) is 15.5. The van der Waals surface area contributed by atoms with Gasteiger partial charge in [-0.15, -0.1) is 11.3 Å². The van der Waals surface area contributed by atoms with Crippen LogP contribution in [0.2, 0.25) is 0 Å². The fraction of sp³-hybridized carbons (Fsp3) is 0.105. The maximum absolute atomic E-state index is 5.45. The molecule has 2 aliphatic rings. The maximum atomic E-state index is 5.45. The summed E-state index contributed by atoms with van der Waals surface area (Å²) in [5, 5.41) is 2.65. The van der Waals surface area contributed by atoms with E-state index < -0.39 is 0 Å². The Morgan fingerprint density at radius 2 is 1.11 bits per heavy atom. The number of hydrogen-bond donors (Lipinski definition) is 0. The van der Waals surface area contributed by atoms with Crippen molar-refractivity contribution < 1.29 is 0 Å². The Morgan fingerprint density at radius 1 is 0.459 bits per heavy atom. The van der Waals surface area contributed by atoms with Gasteiger partial charge in [-0.25, -0.2) is 4.98 Å². The Kier molecular flexibility index (Phi) is 8.60. The normalized spacial score (nSPS) is 14.0. The third-order valence-corrected chi connectivity index (χ3v) is 14.4. The van der Waals surface area contributed by atoms with Crippen LogP contribution in [-0.4, -0.2) is 15.0 Å². The van der Waals surface area contributed by atoms with E-state index >= 15 is 0 Å². The molecule has 2 aliphatic carbocycles. The van der Waals surface area contributed by atoms with Crippen LogP contribution >= 0.6 is 11.3 Å². The Bertz CT molecular complexity index is 3270. The largest absolute Gasteiger partial charge is 0.265 e. The molecule has 3 nitrogen and oxygen atoms in total. The van der Waals surface area contributed by atoms with Gasteiger partial charge >= 0.3 is 0 Å². The quantitative estimate of drug-likeness (QED) is 0.168. The summed E-state index contributed by atoms with van der Waals surface area (Å²) in [5.41, 5.74) is 19.0. The second-order valence-corrected chi connectivity index (χ2v) is 17.6. The number of thiophene rings is 1. The summed E-state index contributed by atoms with van der Waals surface area (Å²) in [7, 11) is 0. The minimum atomic E-state index is -0.0570. The topological polar surface area (TPSA) is 38.7 Å². The number of benzene rings is 7. The fourth-order valence-corrected chi connectivity index (χ4v) is 11.8. The SMILES string of the molecule is c1ccc(-c2ncc(-c3ccccc3-c3cc(-c4cccc5c4C4(CCCCC4)c4cccc(-c6ccncc6)c4-5)c4c(c3)sc3ccccc34)nc2-c2ccccc2)cc1. The minimum absolute atomic E-state index is 0.0570. The third-order valence-electron chi connectivity index (χ3n) is 13.2. The molecule has 0 saturated heterocycles. The van der Waals surface area contributed by atoms with Crippen molar-refractivity contribution >= 4 is 31.5 Å². The van der Waals surface area contributed by atoms with Crippen molar-refractivity contribution in [2.45, 2.75) is 37.5 Å². The van der Waals surface area contributed by atoms with E-state index in [9.17, 15) is 0 Å². The molecule has 0 unspecified atom stereocenters. The van der Waals surface area contributed by atoms with Gasteiger partial charge < -0.3 is 0 Å². The molecule has 0 atom stereocenters. The standard InChI is InChI=1S/C57H41N3S/c1-4-16-38(17-5-1)55-56(39-18-6-2-7-19-39)60-49(36-59-55)43-21-9-8-20-41(43)40-34-47(53-45-22-10-11-27-50(45)61-51(53)35-40)44-24-14-25-46-52-42(37-28-32-58-33-29-37)23-15-26-48(52)57(54(44)46)30-12-3-13-31-57/h1-2,4-11,14-29,32-36H,3,12-13,30-31H2. The summed E-state index contributed by atoms with van der Waals surface area (Å²) in [6.45, 7) is 0. The van der Waals surface area contributed by atoms with Gasteiger partial charge in [0.25, 0.3) is 0 Å². The molecule has 0 aliphatic heterocycles. The molecular formula is C57H41N3S. The lowest BCUT2D eigenvalue weighted by Crippen LogP contribution is -2.28. The molecule has 61 heavy (non-hydrogen) atoms. The first-order chi connectivity index (χ1) is 30.2. The molecule has 3 heterocycles. The van der Waals surface area contributed by atoms with E-state index in [4.69, 9.17) is 9.97 Å². The zero-order valence-electron chi connectivity index (χ0n) is 33.7. The number of hydrogen-bond acceptors (Lipinski definition) is 4. The lowest BCUT2D eigenvalue weighted by atomic mass is 9.66. The van der Waals surface area contributed by atoms with E-state index in [1.807, 2.05) is 36.0 Å². The van der Waals surface area contributed by atoms with Crippen LogP contribution in [0.5, 0.6) is 0 Å². The van der Waals surface area contributed by atoms with Crippen molar-refractivity contribution in [2.24, 2.45) is 0 Å². The number of aromatic nitrogens is 3. The first-order valence-electron chi connectivity index (χ1n) is 21.5. The van der Waals surface area contributed by atoms with Crippen LogP contribution in [0.4, 0.5) is 0 Å². The van der Waals surface area contributed by atoms with Crippen LogP contribution in [-0.2, 0) is 5.41 Å². The molecule has 7 aromatic carbocycles. The van der Waals surface area contributed by atoms with Gasteiger partial charge in [-0.1, -0.05) is 159 Å². The molecule has 1 spiro atoms. The van der Waals surface area contributed by atoms with Crippen molar-refractivity contribution in [1.82, 2.24) is 15.0 Å². The van der Waals surface area contributed by atoms with Crippen molar-refractivity contribution in [3.05, 3.63) is 200 Å². The van der Waals surface area contributed by atoms with E-state index in [0.717, 1.165) is 52.2 Å². The highest BCUT2D eigenvalue weighted by atomic mass is 32.1. The van der Waals surface area contributed by atoms with Crippen LogP contribution < -0.4 is 0 Å². The Labute approximate surface area is 360 Å². The van der Waals surface area contributed by atoms with Crippen LogP contribution in [0.15, 0.2) is 188 Å². The van der Waals surface area contributed by atoms with E-state index in [1.54, 1.807) is 0 Å². The monoisotopic (exact) mass is 799 g/mol. The highest BCUT2D eigenvalue weighted by Gasteiger charge is 2.46. The van der Waals surface area contributed by atoms with Gasteiger partial charge in [0.05, 0.1) is 23.3 Å². The molecule has 0 N–H and O–H groups in total. The van der Waals surface area contributed by atoms with Crippen LogP contribution in [0, 0.1) is 0 Å². The van der Waals surface area contributed by atoms with Gasteiger partial charge in [0.2, 0.25) is 0 Å². The zero-order chi connectivity index (χ0) is 40.3. The summed E-state index contributed by atoms with van der Waals surface area (Å²) in [4.78, 5) is 15.0. The smallest absolute Gasteiger partial charge is 0.0972 e. The zero-order valence-corrected chi connectivity index (χ0v) is 34.5. The van der Waals surface area contributed by atoms with Crippen molar-refractivity contribution in [2.75, 3.05) is 0 Å². The molecular weight excluding hydrogens is 759 g/mol. The summed E-state index contributed by atoms with van der Waals surface area (Å²) < 4.78 is 2.60. The molecule has 290 valence electrons. The van der Waals surface area contributed by atoms with Crippen LogP contribution in [0.3, 0.4) is 0 Å². The summed E-state index contributed by atoms with van der Waals surface area (Å²) in [5.74, 6) is 0. The average molecular weight is 800 g/mol. The van der Waals surface area contributed by atoms with Gasteiger partial charge in [0.1, 0.15) is 0 Å². The fourth-order valence-electron chi connectivity index (χ4n) is 10.6. The van der Waals surface area contributed by atoms with Crippen LogP contribution in [0.25, 0.3) is 98.5 Å².